The fraction of sp³-hybridized carbons (Fsp3) is 0.438. The van der Waals surface area contributed by atoms with E-state index in [1.165, 1.54) is 19.2 Å². The van der Waals surface area contributed by atoms with Crippen molar-refractivity contribution >= 4 is 17.0 Å². The summed E-state index contributed by atoms with van der Waals surface area (Å²) in [6.07, 6.45) is 5.55. The van der Waals surface area contributed by atoms with E-state index in [0.717, 1.165) is 30.1 Å². The van der Waals surface area contributed by atoms with E-state index in [1.807, 2.05) is 6.07 Å². The summed E-state index contributed by atoms with van der Waals surface area (Å²) in [6.45, 7) is 2.37. The molecule has 3 aromatic rings. The molecule has 2 fully saturated rings. The summed E-state index contributed by atoms with van der Waals surface area (Å²) in [5.41, 5.74) is 2.58. The Hall–Kier alpha value is -2.77. The molecular formula is C16H17N7O. The Bertz CT molecular complexity index is 952. The fourth-order valence-corrected chi connectivity index (χ4v) is 3.29. The Morgan fingerprint density at radius 1 is 1.17 bits per heavy atom. The first-order valence-corrected chi connectivity index (χ1v) is 8.25. The Morgan fingerprint density at radius 3 is 2.88 bits per heavy atom. The van der Waals surface area contributed by atoms with Crippen LogP contribution in [0.4, 0.5) is 5.82 Å². The van der Waals surface area contributed by atoms with Gasteiger partial charge in [0.25, 0.3) is 5.56 Å². The molecular weight excluding hydrogens is 306 g/mol. The van der Waals surface area contributed by atoms with E-state index < -0.39 is 0 Å². The number of nitrogens with one attached hydrogen (secondary N) is 1. The van der Waals surface area contributed by atoms with E-state index in [-0.39, 0.29) is 5.56 Å². The smallest absolute Gasteiger partial charge is 0.266 e. The summed E-state index contributed by atoms with van der Waals surface area (Å²) in [4.78, 5) is 30.0. The number of aromatic amines is 1. The van der Waals surface area contributed by atoms with Crippen LogP contribution in [0.3, 0.4) is 0 Å². The summed E-state index contributed by atoms with van der Waals surface area (Å²) in [5.74, 6) is 1.84. The lowest BCUT2D eigenvalue weighted by atomic mass is 10.0. The molecule has 122 valence electrons. The largest absolute Gasteiger partial charge is 0.354 e. The third kappa shape index (κ3) is 2.26. The van der Waals surface area contributed by atoms with Gasteiger partial charge in [0.2, 0.25) is 0 Å². The Morgan fingerprint density at radius 2 is 2.04 bits per heavy atom. The molecule has 0 unspecified atom stereocenters. The lowest BCUT2D eigenvalue weighted by Gasteiger charge is -2.40. The highest BCUT2D eigenvalue weighted by atomic mass is 16.1. The summed E-state index contributed by atoms with van der Waals surface area (Å²) in [5, 5.41) is 4.54. The molecule has 0 atom stereocenters. The van der Waals surface area contributed by atoms with Gasteiger partial charge in [-0.05, 0) is 18.9 Å². The van der Waals surface area contributed by atoms with E-state index in [0.29, 0.717) is 24.0 Å². The number of rotatable bonds is 4. The van der Waals surface area contributed by atoms with Crippen LogP contribution in [0.15, 0.2) is 29.6 Å². The second kappa shape index (κ2) is 5.12. The molecule has 1 aliphatic carbocycles. The number of hydrogen-bond acceptors (Lipinski definition) is 6. The van der Waals surface area contributed by atoms with Gasteiger partial charge < -0.3 is 9.88 Å². The van der Waals surface area contributed by atoms with Crippen molar-refractivity contribution in [2.75, 3.05) is 18.0 Å². The van der Waals surface area contributed by atoms with Crippen molar-refractivity contribution in [1.82, 2.24) is 29.7 Å². The van der Waals surface area contributed by atoms with Crippen LogP contribution in [0.25, 0.3) is 11.2 Å². The average Bonchev–Trinajstić information content (AvgIpc) is 3.29. The van der Waals surface area contributed by atoms with Crippen molar-refractivity contribution in [3.63, 3.8) is 0 Å². The zero-order chi connectivity index (χ0) is 16.1. The number of fused-ring (bicyclic) bond motifs is 1. The van der Waals surface area contributed by atoms with Crippen LogP contribution in [0.2, 0.25) is 0 Å². The second-order valence-corrected chi connectivity index (χ2v) is 6.62. The maximum atomic E-state index is 12.0. The standard InChI is InChI=1S/C16H17N7O/c24-13-4-3-12(11-1-2-11)21-23(13)7-10-5-22(6-10)16-14-15(18-8-17-14)19-9-20-16/h3-4,8-11H,1-2,5-7H2,(H,17,18,19,20). The van der Waals surface area contributed by atoms with Gasteiger partial charge in [0.1, 0.15) is 11.8 Å². The Balaban J connectivity index is 1.31. The Kier molecular flexibility index (Phi) is 2.91. The highest BCUT2D eigenvalue weighted by molar-refractivity contribution is 5.83. The van der Waals surface area contributed by atoms with Gasteiger partial charge in [-0.25, -0.2) is 19.6 Å². The van der Waals surface area contributed by atoms with Crippen LogP contribution < -0.4 is 10.5 Å². The number of nitrogens with zero attached hydrogens (tertiary/aromatic N) is 6. The average molecular weight is 323 g/mol. The third-order valence-corrected chi connectivity index (χ3v) is 4.77. The first-order chi connectivity index (χ1) is 11.8. The van der Waals surface area contributed by atoms with Gasteiger partial charge in [-0.2, -0.15) is 5.10 Å². The lowest BCUT2D eigenvalue weighted by molar-refractivity contribution is 0.331. The van der Waals surface area contributed by atoms with Crippen molar-refractivity contribution in [3.05, 3.63) is 40.8 Å². The molecule has 2 aliphatic rings. The minimum atomic E-state index is -0.0177. The summed E-state index contributed by atoms with van der Waals surface area (Å²) in [7, 11) is 0. The normalized spacial score (nSPS) is 18.1. The van der Waals surface area contributed by atoms with Crippen molar-refractivity contribution in [2.45, 2.75) is 25.3 Å². The van der Waals surface area contributed by atoms with Crippen LogP contribution in [-0.2, 0) is 6.54 Å². The monoisotopic (exact) mass is 323 g/mol. The van der Waals surface area contributed by atoms with E-state index in [9.17, 15) is 4.79 Å². The molecule has 0 amide bonds. The van der Waals surface area contributed by atoms with Crippen molar-refractivity contribution < 1.29 is 0 Å². The minimum absolute atomic E-state index is 0.0177. The number of anilines is 1. The number of H-pyrrole nitrogens is 1. The predicted octanol–water partition coefficient (Wildman–Crippen LogP) is 0.923. The molecule has 3 aromatic heterocycles. The van der Waals surface area contributed by atoms with Crippen LogP contribution in [0, 0.1) is 5.92 Å². The van der Waals surface area contributed by atoms with Crippen molar-refractivity contribution in [3.8, 4) is 0 Å². The quantitative estimate of drug-likeness (QED) is 0.767. The van der Waals surface area contributed by atoms with Gasteiger partial charge in [0.05, 0.1) is 18.6 Å². The van der Waals surface area contributed by atoms with E-state index in [1.54, 1.807) is 17.1 Å². The van der Waals surface area contributed by atoms with Crippen LogP contribution >= 0.6 is 0 Å². The van der Waals surface area contributed by atoms with E-state index in [2.05, 4.69) is 29.9 Å². The number of aromatic nitrogens is 6. The number of imidazole rings is 1. The highest BCUT2D eigenvalue weighted by Gasteiger charge is 2.31. The molecule has 1 N–H and O–H groups in total. The van der Waals surface area contributed by atoms with Gasteiger partial charge in [0.15, 0.2) is 11.5 Å². The maximum Gasteiger partial charge on any atom is 0.266 e. The third-order valence-electron chi connectivity index (χ3n) is 4.77. The van der Waals surface area contributed by atoms with Gasteiger partial charge in [-0.3, -0.25) is 4.79 Å². The molecule has 1 saturated heterocycles. The van der Waals surface area contributed by atoms with Crippen LogP contribution in [0.5, 0.6) is 0 Å². The first-order valence-electron chi connectivity index (χ1n) is 8.25. The fourth-order valence-electron chi connectivity index (χ4n) is 3.29. The second-order valence-electron chi connectivity index (χ2n) is 6.62. The molecule has 4 heterocycles. The van der Waals surface area contributed by atoms with Crippen molar-refractivity contribution in [2.24, 2.45) is 5.92 Å². The van der Waals surface area contributed by atoms with Crippen molar-refractivity contribution in [1.29, 1.82) is 0 Å². The lowest BCUT2D eigenvalue weighted by Crippen LogP contribution is -2.50. The summed E-state index contributed by atoms with van der Waals surface area (Å²) in [6, 6.07) is 3.52. The van der Waals surface area contributed by atoms with Crippen LogP contribution in [0.1, 0.15) is 24.5 Å². The molecule has 0 radical (unpaired) electrons. The molecule has 0 bridgehead atoms. The first kappa shape index (κ1) is 13.6. The summed E-state index contributed by atoms with van der Waals surface area (Å²) < 4.78 is 1.63. The molecule has 0 aromatic carbocycles. The molecule has 1 saturated carbocycles. The van der Waals surface area contributed by atoms with Gasteiger partial charge in [-0.15, -0.1) is 0 Å². The van der Waals surface area contributed by atoms with Gasteiger partial charge in [-0.1, -0.05) is 0 Å². The van der Waals surface area contributed by atoms with E-state index in [4.69, 9.17) is 0 Å². The zero-order valence-electron chi connectivity index (χ0n) is 13.1. The molecule has 0 spiro atoms. The Labute approximate surface area is 137 Å². The van der Waals surface area contributed by atoms with E-state index >= 15 is 0 Å². The number of hydrogen-bond donors (Lipinski definition) is 1. The highest BCUT2D eigenvalue weighted by Crippen LogP contribution is 2.38. The molecule has 8 heteroatoms. The molecule has 24 heavy (non-hydrogen) atoms. The molecule has 5 rings (SSSR count). The maximum absolute atomic E-state index is 12.0. The van der Waals surface area contributed by atoms with Crippen LogP contribution in [-0.4, -0.2) is 42.8 Å². The molecule has 8 nitrogen and oxygen atoms in total. The topological polar surface area (TPSA) is 92.6 Å². The SMILES string of the molecule is O=c1ccc(C2CC2)nn1CC1CN(c2ncnc3nc[nH]c23)C1. The molecule has 1 aliphatic heterocycles. The predicted molar refractivity (Wildman–Crippen MR) is 87.9 cm³/mol. The zero-order valence-corrected chi connectivity index (χ0v) is 13.1. The van der Waals surface area contributed by atoms with Gasteiger partial charge in [0, 0.05) is 31.0 Å². The van der Waals surface area contributed by atoms with Gasteiger partial charge >= 0.3 is 0 Å². The summed E-state index contributed by atoms with van der Waals surface area (Å²) >= 11 is 0. The minimum Gasteiger partial charge on any atom is -0.354 e.